The highest BCUT2D eigenvalue weighted by molar-refractivity contribution is 7.92. The number of anilines is 2. The van der Waals surface area contributed by atoms with Crippen LogP contribution in [0.2, 0.25) is 0 Å². The second kappa shape index (κ2) is 8.43. The van der Waals surface area contributed by atoms with Crippen LogP contribution in [0, 0.1) is 6.92 Å². The fourth-order valence-corrected chi connectivity index (χ4v) is 3.81. The highest BCUT2D eigenvalue weighted by atomic mass is 32.2. The van der Waals surface area contributed by atoms with E-state index in [0.717, 1.165) is 16.1 Å². The first-order valence-corrected chi connectivity index (χ1v) is 10.6. The minimum atomic E-state index is -3.64. The Morgan fingerprint density at radius 1 is 1.00 bits per heavy atom. The van der Waals surface area contributed by atoms with Crippen LogP contribution < -0.4 is 14.4 Å². The van der Waals surface area contributed by atoms with Crippen LogP contribution in [-0.4, -0.2) is 32.7 Å². The van der Waals surface area contributed by atoms with Gasteiger partial charge in [-0.25, -0.2) is 8.42 Å². The molecule has 146 valence electrons. The summed E-state index contributed by atoms with van der Waals surface area (Å²) in [5.41, 5.74) is 2.03. The van der Waals surface area contributed by atoms with Gasteiger partial charge in [-0.15, -0.1) is 0 Å². The van der Waals surface area contributed by atoms with Crippen LogP contribution in [-0.2, 0) is 14.8 Å². The molecule has 0 saturated carbocycles. The number of sulfonamides is 1. The zero-order valence-electron chi connectivity index (χ0n) is 16.3. The number of amides is 1. The first kappa shape index (κ1) is 20.8. The van der Waals surface area contributed by atoms with Gasteiger partial charge in [-0.1, -0.05) is 17.7 Å². The molecule has 0 aromatic heterocycles. The summed E-state index contributed by atoms with van der Waals surface area (Å²) in [5, 5.41) is 2.76. The number of rotatable bonds is 7. The number of carbonyl (C=O) groups is 1. The van der Waals surface area contributed by atoms with E-state index in [4.69, 9.17) is 4.74 Å². The van der Waals surface area contributed by atoms with E-state index in [0.29, 0.717) is 17.1 Å². The van der Waals surface area contributed by atoms with Crippen molar-refractivity contribution in [2.75, 3.05) is 15.9 Å². The van der Waals surface area contributed by atoms with Crippen LogP contribution in [0.5, 0.6) is 5.75 Å². The molecule has 0 aliphatic rings. The van der Waals surface area contributed by atoms with Crippen LogP contribution in [0.3, 0.4) is 0 Å². The zero-order chi connectivity index (χ0) is 20.2. The minimum absolute atomic E-state index is 0.0586. The standard InChI is InChI=1S/C20H26N2O4S/c1-14(2)26-19-12-8-17(9-13-19)21-20(23)16(4)22(27(5,24)25)18-10-6-15(3)7-11-18/h6-14,16H,1-5H3,(H,21,23)/t16-/m0/s1. The van der Waals surface area contributed by atoms with Crippen LogP contribution in [0.15, 0.2) is 48.5 Å². The molecule has 0 aliphatic carbocycles. The molecule has 0 bridgehead atoms. The third-order valence-corrected chi connectivity index (χ3v) is 5.11. The summed E-state index contributed by atoms with van der Waals surface area (Å²) in [6, 6.07) is 13.1. The zero-order valence-corrected chi connectivity index (χ0v) is 17.1. The molecular weight excluding hydrogens is 364 g/mol. The molecule has 2 aromatic rings. The Kier molecular flexibility index (Phi) is 6.49. The van der Waals surface area contributed by atoms with Gasteiger partial charge < -0.3 is 10.1 Å². The van der Waals surface area contributed by atoms with Gasteiger partial charge in [0.15, 0.2) is 0 Å². The molecule has 0 radical (unpaired) electrons. The molecule has 2 rings (SSSR count). The van der Waals surface area contributed by atoms with Crippen molar-refractivity contribution in [1.82, 2.24) is 0 Å². The molecule has 0 heterocycles. The maximum Gasteiger partial charge on any atom is 0.247 e. The molecule has 0 spiro atoms. The van der Waals surface area contributed by atoms with E-state index in [1.807, 2.05) is 32.9 Å². The topological polar surface area (TPSA) is 75.7 Å². The van der Waals surface area contributed by atoms with Crippen LogP contribution >= 0.6 is 0 Å². The van der Waals surface area contributed by atoms with Crippen LogP contribution in [0.25, 0.3) is 0 Å². The monoisotopic (exact) mass is 390 g/mol. The van der Waals surface area contributed by atoms with E-state index in [1.165, 1.54) is 0 Å². The lowest BCUT2D eigenvalue weighted by atomic mass is 10.2. The Labute approximate surface area is 161 Å². The highest BCUT2D eigenvalue weighted by Crippen LogP contribution is 2.23. The fourth-order valence-electron chi connectivity index (χ4n) is 2.64. The van der Waals surface area contributed by atoms with Crippen molar-refractivity contribution < 1.29 is 17.9 Å². The SMILES string of the molecule is Cc1ccc(N([C@@H](C)C(=O)Nc2ccc(OC(C)C)cc2)S(C)(=O)=O)cc1. The van der Waals surface area contributed by atoms with Crippen molar-refractivity contribution in [1.29, 1.82) is 0 Å². The van der Waals surface area contributed by atoms with E-state index in [1.54, 1.807) is 43.3 Å². The number of carbonyl (C=O) groups excluding carboxylic acids is 1. The molecule has 1 atom stereocenters. The predicted octanol–water partition coefficient (Wildman–Crippen LogP) is 3.58. The molecule has 27 heavy (non-hydrogen) atoms. The van der Waals surface area contributed by atoms with Gasteiger partial charge >= 0.3 is 0 Å². The Hall–Kier alpha value is -2.54. The molecule has 7 heteroatoms. The Morgan fingerprint density at radius 3 is 2.04 bits per heavy atom. The maximum absolute atomic E-state index is 12.7. The van der Waals surface area contributed by atoms with Crippen molar-refractivity contribution >= 4 is 27.3 Å². The van der Waals surface area contributed by atoms with Gasteiger partial charge in [0.1, 0.15) is 11.8 Å². The molecule has 2 aromatic carbocycles. The highest BCUT2D eigenvalue weighted by Gasteiger charge is 2.29. The van der Waals surface area contributed by atoms with E-state index in [-0.39, 0.29) is 6.10 Å². The van der Waals surface area contributed by atoms with E-state index >= 15 is 0 Å². The summed E-state index contributed by atoms with van der Waals surface area (Å²) in [6.07, 6.45) is 1.15. The summed E-state index contributed by atoms with van der Waals surface area (Å²) < 4.78 is 31.3. The molecule has 6 nitrogen and oxygen atoms in total. The normalized spacial score (nSPS) is 12.5. The van der Waals surface area contributed by atoms with Crippen LogP contribution in [0.1, 0.15) is 26.3 Å². The van der Waals surface area contributed by atoms with Crippen molar-refractivity contribution in [2.24, 2.45) is 0 Å². The lowest BCUT2D eigenvalue weighted by molar-refractivity contribution is -0.116. The average molecular weight is 391 g/mol. The molecule has 1 N–H and O–H groups in total. The van der Waals surface area contributed by atoms with Crippen molar-refractivity contribution in [3.05, 3.63) is 54.1 Å². The molecule has 0 unspecified atom stereocenters. The Balaban J connectivity index is 2.18. The third kappa shape index (κ3) is 5.72. The second-order valence-electron chi connectivity index (χ2n) is 6.75. The average Bonchev–Trinajstić information content (AvgIpc) is 2.57. The molecule has 0 saturated heterocycles. The summed E-state index contributed by atoms with van der Waals surface area (Å²) in [4.78, 5) is 12.7. The molecule has 0 fully saturated rings. The predicted molar refractivity (Wildman–Crippen MR) is 109 cm³/mol. The van der Waals surface area contributed by atoms with E-state index < -0.39 is 22.0 Å². The van der Waals surface area contributed by atoms with Gasteiger partial charge in [-0.3, -0.25) is 9.10 Å². The molecular formula is C20H26N2O4S. The Morgan fingerprint density at radius 2 is 1.56 bits per heavy atom. The van der Waals surface area contributed by atoms with Gasteiger partial charge in [-0.2, -0.15) is 0 Å². The number of aryl methyl sites for hydroxylation is 1. The lowest BCUT2D eigenvalue weighted by Crippen LogP contribution is -2.45. The van der Waals surface area contributed by atoms with Gasteiger partial charge in [0.2, 0.25) is 15.9 Å². The van der Waals surface area contributed by atoms with Crippen molar-refractivity contribution in [3.63, 3.8) is 0 Å². The summed E-state index contributed by atoms with van der Waals surface area (Å²) in [5.74, 6) is 0.284. The quantitative estimate of drug-likeness (QED) is 0.784. The maximum atomic E-state index is 12.7. The Bertz CT molecular complexity index is 875. The van der Waals surface area contributed by atoms with Crippen molar-refractivity contribution in [3.8, 4) is 5.75 Å². The summed E-state index contributed by atoms with van der Waals surface area (Å²) in [6.45, 7) is 7.34. The number of hydrogen-bond acceptors (Lipinski definition) is 4. The van der Waals surface area contributed by atoms with Gasteiger partial charge in [0.05, 0.1) is 18.0 Å². The number of nitrogens with zero attached hydrogens (tertiary/aromatic N) is 1. The van der Waals surface area contributed by atoms with Crippen molar-refractivity contribution in [2.45, 2.75) is 39.8 Å². The van der Waals surface area contributed by atoms with Gasteiger partial charge in [0, 0.05) is 5.69 Å². The minimum Gasteiger partial charge on any atom is -0.491 e. The number of hydrogen-bond donors (Lipinski definition) is 1. The first-order valence-electron chi connectivity index (χ1n) is 8.71. The number of nitrogens with one attached hydrogen (secondary N) is 1. The smallest absolute Gasteiger partial charge is 0.247 e. The van der Waals surface area contributed by atoms with Gasteiger partial charge in [-0.05, 0) is 64.1 Å². The third-order valence-electron chi connectivity index (χ3n) is 3.87. The number of benzene rings is 2. The second-order valence-corrected chi connectivity index (χ2v) is 8.61. The largest absolute Gasteiger partial charge is 0.491 e. The van der Waals surface area contributed by atoms with E-state index in [9.17, 15) is 13.2 Å². The summed E-state index contributed by atoms with van der Waals surface area (Å²) in [7, 11) is -3.64. The van der Waals surface area contributed by atoms with Gasteiger partial charge in [0.25, 0.3) is 0 Å². The first-order chi connectivity index (χ1) is 12.6. The molecule has 0 aliphatic heterocycles. The van der Waals surface area contributed by atoms with E-state index in [2.05, 4.69) is 5.32 Å². The summed E-state index contributed by atoms with van der Waals surface area (Å²) >= 11 is 0. The van der Waals surface area contributed by atoms with Crippen LogP contribution in [0.4, 0.5) is 11.4 Å². The molecule has 1 amide bonds. The fraction of sp³-hybridized carbons (Fsp3) is 0.350. The number of ether oxygens (including phenoxy) is 1. The lowest BCUT2D eigenvalue weighted by Gasteiger charge is -2.28.